The first kappa shape index (κ1) is 17.7. The van der Waals surface area contributed by atoms with E-state index in [1.807, 2.05) is 62.4 Å². The summed E-state index contributed by atoms with van der Waals surface area (Å²) in [5.41, 5.74) is 4.19. The lowest BCUT2D eigenvalue weighted by Crippen LogP contribution is -2.42. The van der Waals surface area contributed by atoms with Crippen molar-refractivity contribution < 1.29 is 14.3 Å². The topological polar surface area (TPSA) is 79.8 Å². The number of aliphatic imine (C=N–C) groups is 1. The first-order valence-corrected chi connectivity index (χ1v) is 8.53. The lowest BCUT2D eigenvalue weighted by atomic mass is 10.0. The van der Waals surface area contributed by atoms with Crippen molar-refractivity contribution in [3.63, 3.8) is 0 Å². The number of hydrogen-bond donors (Lipinski definition) is 2. The van der Waals surface area contributed by atoms with Crippen LogP contribution in [-0.4, -0.2) is 23.9 Å². The molecule has 2 aromatic rings. The van der Waals surface area contributed by atoms with Gasteiger partial charge in [-0.25, -0.2) is 4.79 Å². The molecule has 6 heteroatoms. The molecule has 26 heavy (non-hydrogen) atoms. The maximum atomic E-state index is 12.5. The number of carbonyl (C=O) groups excluding carboxylic acids is 2. The predicted molar refractivity (Wildman–Crippen MR) is 100 cm³/mol. The molecule has 0 aromatic heterocycles. The summed E-state index contributed by atoms with van der Waals surface area (Å²) in [6, 6.07) is 15.1. The smallest absolute Gasteiger partial charge is 0.409 e. The van der Waals surface area contributed by atoms with Gasteiger partial charge in [0.05, 0.1) is 5.69 Å². The van der Waals surface area contributed by atoms with E-state index >= 15 is 0 Å². The van der Waals surface area contributed by atoms with Gasteiger partial charge >= 0.3 is 6.09 Å². The van der Waals surface area contributed by atoms with Gasteiger partial charge in [-0.1, -0.05) is 55.5 Å². The van der Waals surface area contributed by atoms with Gasteiger partial charge in [-0.3, -0.25) is 15.1 Å². The SMILES string of the molecule is CCC1=NC(NC(=O)OCc2ccccc2)C(=O)Nc2c(C)cccc21. The first-order valence-electron chi connectivity index (χ1n) is 8.53. The number of nitrogens with one attached hydrogen (secondary N) is 2. The molecule has 3 rings (SSSR count). The molecule has 6 nitrogen and oxygen atoms in total. The zero-order chi connectivity index (χ0) is 18.5. The molecule has 2 aromatic carbocycles. The molecule has 0 spiro atoms. The summed E-state index contributed by atoms with van der Waals surface area (Å²) < 4.78 is 5.19. The average molecular weight is 351 g/mol. The van der Waals surface area contributed by atoms with E-state index in [9.17, 15) is 9.59 Å². The van der Waals surface area contributed by atoms with Crippen LogP contribution in [0.5, 0.6) is 0 Å². The fourth-order valence-corrected chi connectivity index (χ4v) is 2.81. The third kappa shape index (κ3) is 3.91. The lowest BCUT2D eigenvalue weighted by Gasteiger charge is -2.14. The standard InChI is InChI=1S/C20H21N3O3/c1-3-16-15-11-7-8-13(2)17(15)22-19(24)18(21-16)23-20(25)26-12-14-9-5-4-6-10-14/h4-11,18H,3,12H2,1-2H3,(H,22,24)(H,23,25). The van der Waals surface area contributed by atoms with Gasteiger partial charge in [-0.15, -0.1) is 0 Å². The molecule has 1 atom stereocenters. The molecule has 1 unspecified atom stereocenters. The van der Waals surface area contributed by atoms with E-state index in [0.717, 1.165) is 28.1 Å². The Kier molecular flexibility index (Phi) is 5.31. The Labute approximate surface area is 152 Å². The predicted octanol–water partition coefficient (Wildman–Crippen LogP) is 3.40. The molecule has 0 saturated carbocycles. The van der Waals surface area contributed by atoms with Crippen molar-refractivity contribution in [3.8, 4) is 0 Å². The minimum Gasteiger partial charge on any atom is -0.445 e. The van der Waals surface area contributed by atoms with Crippen molar-refractivity contribution in [1.29, 1.82) is 0 Å². The van der Waals surface area contributed by atoms with E-state index in [1.54, 1.807) is 0 Å². The van der Waals surface area contributed by atoms with Crippen LogP contribution in [0, 0.1) is 6.92 Å². The van der Waals surface area contributed by atoms with E-state index in [-0.39, 0.29) is 12.5 Å². The van der Waals surface area contributed by atoms with Crippen LogP contribution in [0.15, 0.2) is 53.5 Å². The quantitative estimate of drug-likeness (QED) is 0.886. The molecule has 1 aliphatic heterocycles. The summed E-state index contributed by atoms with van der Waals surface area (Å²) in [4.78, 5) is 29.1. The maximum Gasteiger partial charge on any atom is 0.409 e. The molecule has 134 valence electrons. The minimum atomic E-state index is -1.03. The monoisotopic (exact) mass is 351 g/mol. The van der Waals surface area contributed by atoms with E-state index in [0.29, 0.717) is 6.42 Å². The summed E-state index contributed by atoms with van der Waals surface area (Å²) >= 11 is 0. The van der Waals surface area contributed by atoms with Crippen LogP contribution in [0.4, 0.5) is 10.5 Å². The van der Waals surface area contributed by atoms with Crippen molar-refractivity contribution >= 4 is 23.4 Å². The Bertz CT molecular complexity index is 847. The highest BCUT2D eigenvalue weighted by atomic mass is 16.5. The minimum absolute atomic E-state index is 0.130. The largest absolute Gasteiger partial charge is 0.445 e. The summed E-state index contributed by atoms with van der Waals surface area (Å²) in [6.07, 6.45) is -1.07. The Morgan fingerprint density at radius 1 is 1.19 bits per heavy atom. The van der Waals surface area contributed by atoms with E-state index in [2.05, 4.69) is 15.6 Å². The number of rotatable bonds is 4. The fourth-order valence-electron chi connectivity index (χ4n) is 2.81. The number of fused-ring (bicyclic) bond motifs is 1. The normalized spacial score (nSPS) is 16.0. The number of carbonyl (C=O) groups is 2. The Morgan fingerprint density at radius 2 is 1.96 bits per heavy atom. The molecule has 0 aliphatic carbocycles. The highest BCUT2D eigenvalue weighted by molar-refractivity contribution is 6.12. The molecule has 0 fully saturated rings. The second kappa shape index (κ2) is 7.82. The van der Waals surface area contributed by atoms with Crippen LogP contribution in [0.2, 0.25) is 0 Å². The Hall–Kier alpha value is -3.15. The highest BCUT2D eigenvalue weighted by Gasteiger charge is 2.27. The number of hydrogen-bond acceptors (Lipinski definition) is 4. The number of benzene rings is 2. The van der Waals surface area contributed by atoms with E-state index in [4.69, 9.17) is 4.74 Å². The maximum absolute atomic E-state index is 12.5. The highest BCUT2D eigenvalue weighted by Crippen LogP contribution is 2.25. The van der Waals surface area contributed by atoms with Gasteiger partial charge in [0.1, 0.15) is 6.61 Å². The number of para-hydroxylation sites is 1. The van der Waals surface area contributed by atoms with Gasteiger partial charge in [0, 0.05) is 11.3 Å². The first-order chi connectivity index (χ1) is 12.6. The second-order valence-electron chi connectivity index (χ2n) is 6.02. The zero-order valence-electron chi connectivity index (χ0n) is 14.8. The number of anilines is 1. The second-order valence-corrected chi connectivity index (χ2v) is 6.02. The van der Waals surface area contributed by atoms with Crippen molar-refractivity contribution in [2.45, 2.75) is 33.0 Å². The zero-order valence-corrected chi connectivity index (χ0v) is 14.8. The molecule has 1 aliphatic rings. The van der Waals surface area contributed by atoms with E-state index in [1.165, 1.54) is 0 Å². The summed E-state index contributed by atoms with van der Waals surface area (Å²) in [6.45, 7) is 4.02. The van der Waals surface area contributed by atoms with Gasteiger partial charge < -0.3 is 10.1 Å². The number of alkyl carbamates (subject to hydrolysis) is 1. The molecule has 2 N–H and O–H groups in total. The van der Waals surface area contributed by atoms with Crippen LogP contribution in [0.1, 0.15) is 30.0 Å². The summed E-state index contributed by atoms with van der Waals surface area (Å²) in [5.74, 6) is -0.388. The van der Waals surface area contributed by atoms with Crippen molar-refractivity contribution in [3.05, 3.63) is 65.2 Å². The average Bonchev–Trinajstić information content (AvgIpc) is 2.79. The molecular weight excluding hydrogens is 330 g/mol. The van der Waals surface area contributed by atoms with Gasteiger partial charge in [-0.05, 0) is 24.5 Å². The van der Waals surface area contributed by atoms with Crippen molar-refractivity contribution in [2.24, 2.45) is 4.99 Å². The van der Waals surface area contributed by atoms with Crippen LogP contribution >= 0.6 is 0 Å². The summed E-state index contributed by atoms with van der Waals surface area (Å²) in [7, 11) is 0. The van der Waals surface area contributed by atoms with Gasteiger partial charge in [0.15, 0.2) is 0 Å². The molecule has 0 bridgehead atoms. The summed E-state index contributed by atoms with van der Waals surface area (Å²) in [5, 5.41) is 5.40. The molecule has 2 amide bonds. The number of amides is 2. The molecular formula is C20H21N3O3. The van der Waals surface area contributed by atoms with Gasteiger partial charge in [0.2, 0.25) is 6.17 Å². The number of nitrogens with zero attached hydrogens (tertiary/aromatic N) is 1. The Balaban J connectivity index is 1.73. The third-order valence-electron chi connectivity index (χ3n) is 4.17. The number of ether oxygens (including phenoxy) is 1. The third-order valence-corrected chi connectivity index (χ3v) is 4.17. The number of aryl methyl sites for hydroxylation is 1. The Morgan fingerprint density at radius 3 is 2.69 bits per heavy atom. The van der Waals surface area contributed by atoms with Crippen LogP contribution < -0.4 is 10.6 Å². The molecule has 0 saturated heterocycles. The van der Waals surface area contributed by atoms with E-state index < -0.39 is 12.3 Å². The van der Waals surface area contributed by atoms with Gasteiger partial charge in [-0.2, -0.15) is 0 Å². The van der Waals surface area contributed by atoms with Crippen molar-refractivity contribution in [2.75, 3.05) is 5.32 Å². The van der Waals surface area contributed by atoms with Crippen LogP contribution in [0.25, 0.3) is 0 Å². The molecule has 0 radical (unpaired) electrons. The van der Waals surface area contributed by atoms with Crippen molar-refractivity contribution in [1.82, 2.24) is 5.32 Å². The van der Waals surface area contributed by atoms with Crippen LogP contribution in [0.3, 0.4) is 0 Å². The van der Waals surface area contributed by atoms with Crippen LogP contribution in [-0.2, 0) is 16.1 Å². The lowest BCUT2D eigenvalue weighted by molar-refractivity contribution is -0.117. The number of benzodiazepines with no additional fused rings is 1. The van der Waals surface area contributed by atoms with Gasteiger partial charge in [0.25, 0.3) is 5.91 Å². The fraction of sp³-hybridized carbons (Fsp3) is 0.250. The molecule has 1 heterocycles.